The topological polar surface area (TPSA) is 0 Å². The molecule has 3 aromatic carbocycles. The molecule has 0 radical (unpaired) electrons. The molecule has 0 amide bonds. The maximum absolute atomic E-state index is 2.36. The molecule has 24 heavy (non-hydrogen) atoms. The minimum Gasteiger partial charge on any atom is -0.0651 e. The summed E-state index contributed by atoms with van der Waals surface area (Å²) in [6.45, 7) is 4.55. The molecular formula is C24H26. The van der Waals surface area contributed by atoms with Crippen LogP contribution in [0.15, 0.2) is 78.9 Å². The Morgan fingerprint density at radius 2 is 1.38 bits per heavy atom. The third-order valence-corrected chi connectivity index (χ3v) is 4.64. The van der Waals surface area contributed by atoms with Gasteiger partial charge in [0, 0.05) is 0 Å². The van der Waals surface area contributed by atoms with Gasteiger partial charge in [0.1, 0.15) is 0 Å². The Hall–Kier alpha value is -2.34. The van der Waals surface area contributed by atoms with Crippen molar-refractivity contribution in [2.45, 2.75) is 39.0 Å². The summed E-state index contributed by atoms with van der Waals surface area (Å²) in [4.78, 5) is 0. The van der Waals surface area contributed by atoms with Crippen LogP contribution in [-0.2, 0) is 12.8 Å². The van der Waals surface area contributed by atoms with Crippen molar-refractivity contribution in [1.82, 2.24) is 0 Å². The van der Waals surface area contributed by atoms with E-state index in [0.717, 1.165) is 12.8 Å². The van der Waals surface area contributed by atoms with Crippen LogP contribution >= 0.6 is 0 Å². The predicted molar refractivity (Wildman–Crippen MR) is 104 cm³/mol. The molecule has 3 rings (SSSR count). The van der Waals surface area contributed by atoms with Gasteiger partial charge in [-0.15, -0.1) is 0 Å². The molecule has 0 aliphatic rings. The zero-order valence-electron chi connectivity index (χ0n) is 14.7. The van der Waals surface area contributed by atoms with Gasteiger partial charge in [-0.1, -0.05) is 99.1 Å². The van der Waals surface area contributed by atoms with Crippen LogP contribution in [0.2, 0.25) is 0 Å². The standard InChI is InChI=1S/C24H26/c1-3-9-20-12-7-14-23(17-20)24-15-8-13-22(18-24)19(2)16-21-10-5-4-6-11-21/h4-8,10-15,17-19H,3,9,16H2,1-2H3. The Bertz CT molecular complexity index is 771. The smallest absolute Gasteiger partial charge is 0.0150 e. The monoisotopic (exact) mass is 314 g/mol. The quantitative estimate of drug-likeness (QED) is 0.477. The van der Waals surface area contributed by atoms with Crippen molar-refractivity contribution in [3.63, 3.8) is 0 Å². The van der Waals surface area contributed by atoms with E-state index in [-0.39, 0.29) is 0 Å². The van der Waals surface area contributed by atoms with Gasteiger partial charge >= 0.3 is 0 Å². The lowest BCUT2D eigenvalue weighted by Crippen LogP contribution is -1.98. The van der Waals surface area contributed by atoms with Crippen LogP contribution in [-0.4, -0.2) is 0 Å². The molecule has 3 aromatic rings. The Kier molecular flexibility index (Phi) is 5.48. The molecule has 0 N–H and O–H groups in total. The molecule has 1 unspecified atom stereocenters. The Morgan fingerprint density at radius 1 is 0.708 bits per heavy atom. The van der Waals surface area contributed by atoms with Crippen LogP contribution in [0.25, 0.3) is 11.1 Å². The van der Waals surface area contributed by atoms with Crippen LogP contribution < -0.4 is 0 Å². The summed E-state index contributed by atoms with van der Waals surface area (Å²) >= 11 is 0. The number of hydrogen-bond acceptors (Lipinski definition) is 0. The summed E-state index contributed by atoms with van der Waals surface area (Å²) in [6.07, 6.45) is 3.43. The maximum atomic E-state index is 2.36. The molecule has 0 fully saturated rings. The van der Waals surface area contributed by atoms with Gasteiger partial charge in [0.25, 0.3) is 0 Å². The van der Waals surface area contributed by atoms with E-state index < -0.39 is 0 Å². The molecule has 122 valence electrons. The number of benzene rings is 3. The summed E-state index contributed by atoms with van der Waals surface area (Å²) in [5, 5.41) is 0. The Balaban J connectivity index is 1.82. The first-order chi connectivity index (χ1) is 11.8. The molecule has 0 saturated heterocycles. The first-order valence-electron chi connectivity index (χ1n) is 8.99. The second-order valence-electron chi connectivity index (χ2n) is 6.67. The van der Waals surface area contributed by atoms with Crippen LogP contribution in [0.1, 0.15) is 42.9 Å². The van der Waals surface area contributed by atoms with Gasteiger partial charge in [0.05, 0.1) is 0 Å². The molecule has 0 bridgehead atoms. The molecule has 0 nitrogen and oxygen atoms in total. The van der Waals surface area contributed by atoms with Crippen LogP contribution in [0.4, 0.5) is 0 Å². The van der Waals surface area contributed by atoms with Crippen LogP contribution in [0.3, 0.4) is 0 Å². The summed E-state index contributed by atoms with van der Waals surface area (Å²) in [5.41, 5.74) is 6.90. The highest BCUT2D eigenvalue weighted by Gasteiger charge is 2.08. The summed E-state index contributed by atoms with van der Waals surface area (Å²) < 4.78 is 0. The third kappa shape index (κ3) is 4.14. The summed E-state index contributed by atoms with van der Waals surface area (Å²) in [6, 6.07) is 28.8. The largest absolute Gasteiger partial charge is 0.0651 e. The average molecular weight is 314 g/mol. The van der Waals surface area contributed by atoms with Crippen molar-refractivity contribution < 1.29 is 0 Å². The molecule has 0 heteroatoms. The van der Waals surface area contributed by atoms with Gasteiger partial charge < -0.3 is 0 Å². The molecule has 0 saturated carbocycles. The van der Waals surface area contributed by atoms with Crippen molar-refractivity contribution >= 4 is 0 Å². The van der Waals surface area contributed by atoms with E-state index in [1.165, 1.54) is 34.2 Å². The van der Waals surface area contributed by atoms with Gasteiger partial charge in [0.15, 0.2) is 0 Å². The second-order valence-corrected chi connectivity index (χ2v) is 6.67. The van der Waals surface area contributed by atoms with E-state index in [2.05, 4.69) is 92.7 Å². The van der Waals surface area contributed by atoms with Crippen molar-refractivity contribution in [3.8, 4) is 11.1 Å². The van der Waals surface area contributed by atoms with Crippen molar-refractivity contribution in [2.75, 3.05) is 0 Å². The fraction of sp³-hybridized carbons (Fsp3) is 0.250. The Morgan fingerprint density at radius 3 is 2.12 bits per heavy atom. The third-order valence-electron chi connectivity index (χ3n) is 4.64. The second kappa shape index (κ2) is 7.97. The van der Waals surface area contributed by atoms with E-state index in [4.69, 9.17) is 0 Å². The lowest BCUT2D eigenvalue weighted by molar-refractivity contribution is 0.759. The van der Waals surface area contributed by atoms with Crippen molar-refractivity contribution in [1.29, 1.82) is 0 Å². The number of aryl methyl sites for hydroxylation is 1. The zero-order valence-corrected chi connectivity index (χ0v) is 14.7. The Labute approximate surface area is 146 Å². The highest BCUT2D eigenvalue weighted by atomic mass is 14.1. The molecule has 0 spiro atoms. The van der Waals surface area contributed by atoms with E-state index in [1.807, 2.05) is 0 Å². The molecule has 0 aromatic heterocycles. The van der Waals surface area contributed by atoms with E-state index in [9.17, 15) is 0 Å². The minimum absolute atomic E-state index is 0.520. The highest BCUT2D eigenvalue weighted by molar-refractivity contribution is 5.65. The number of rotatable bonds is 6. The maximum Gasteiger partial charge on any atom is -0.0150 e. The summed E-state index contributed by atoms with van der Waals surface area (Å²) in [5.74, 6) is 0.520. The van der Waals surface area contributed by atoms with Gasteiger partial charge in [-0.2, -0.15) is 0 Å². The van der Waals surface area contributed by atoms with Crippen molar-refractivity contribution in [2.24, 2.45) is 0 Å². The highest BCUT2D eigenvalue weighted by Crippen LogP contribution is 2.27. The minimum atomic E-state index is 0.520. The van der Waals surface area contributed by atoms with E-state index in [1.54, 1.807) is 0 Å². The summed E-state index contributed by atoms with van der Waals surface area (Å²) in [7, 11) is 0. The van der Waals surface area contributed by atoms with E-state index in [0.29, 0.717) is 5.92 Å². The normalized spacial score (nSPS) is 12.1. The lowest BCUT2D eigenvalue weighted by atomic mass is 9.91. The van der Waals surface area contributed by atoms with Gasteiger partial charge in [-0.3, -0.25) is 0 Å². The molecule has 0 aliphatic heterocycles. The first-order valence-corrected chi connectivity index (χ1v) is 8.99. The first kappa shape index (κ1) is 16.5. The zero-order chi connectivity index (χ0) is 16.8. The van der Waals surface area contributed by atoms with Gasteiger partial charge in [-0.05, 0) is 46.6 Å². The van der Waals surface area contributed by atoms with Crippen LogP contribution in [0, 0.1) is 0 Å². The average Bonchev–Trinajstić information content (AvgIpc) is 2.63. The fourth-order valence-electron chi connectivity index (χ4n) is 3.31. The molecule has 0 aliphatic carbocycles. The van der Waals surface area contributed by atoms with Crippen LogP contribution in [0.5, 0.6) is 0 Å². The SMILES string of the molecule is CCCc1cccc(-c2cccc(C(C)Cc3ccccc3)c2)c1. The fourth-order valence-corrected chi connectivity index (χ4v) is 3.31. The molecule has 1 atom stereocenters. The lowest BCUT2D eigenvalue weighted by Gasteiger charge is -2.14. The van der Waals surface area contributed by atoms with Gasteiger partial charge in [-0.25, -0.2) is 0 Å². The molecular weight excluding hydrogens is 288 g/mol. The van der Waals surface area contributed by atoms with E-state index >= 15 is 0 Å². The van der Waals surface area contributed by atoms with Crippen molar-refractivity contribution in [3.05, 3.63) is 95.6 Å². The molecule has 0 heterocycles. The predicted octanol–water partition coefficient (Wildman–Crippen LogP) is 6.65. The number of hydrogen-bond donors (Lipinski definition) is 0. The van der Waals surface area contributed by atoms with Gasteiger partial charge in [0.2, 0.25) is 0 Å².